The molecule has 1 aliphatic carbocycles. The van der Waals surface area contributed by atoms with Crippen molar-refractivity contribution in [3.8, 4) is 0 Å². The predicted octanol–water partition coefficient (Wildman–Crippen LogP) is 2.73. The Morgan fingerprint density at radius 1 is 0.895 bits per heavy atom. The van der Waals surface area contributed by atoms with Crippen molar-refractivity contribution in [2.75, 3.05) is 13.1 Å². The van der Waals surface area contributed by atoms with Crippen LogP contribution < -0.4 is 5.32 Å². The fourth-order valence-corrected chi connectivity index (χ4v) is 3.93. The Morgan fingerprint density at radius 3 is 2.32 bits per heavy atom. The normalized spacial score (nSPS) is 32.3. The second-order valence-corrected chi connectivity index (χ2v) is 6.40. The Morgan fingerprint density at radius 2 is 1.58 bits per heavy atom. The zero-order valence-corrected chi connectivity index (χ0v) is 12.6. The van der Waals surface area contributed by atoms with Gasteiger partial charge in [-0.05, 0) is 32.1 Å². The molecule has 2 bridgehead atoms. The molecular formula is C15H27ClN2O. The first kappa shape index (κ1) is 15.1. The molecule has 1 N–H and O–H groups in total. The van der Waals surface area contributed by atoms with E-state index in [1.54, 1.807) is 0 Å². The summed E-state index contributed by atoms with van der Waals surface area (Å²) in [6.45, 7) is 1.95. The molecule has 110 valence electrons. The third-order valence-corrected chi connectivity index (χ3v) is 5.04. The molecule has 0 aromatic heterocycles. The number of fused-ring (bicyclic) bond motifs is 2. The maximum absolute atomic E-state index is 12.6. The van der Waals surface area contributed by atoms with Crippen LogP contribution in [0.25, 0.3) is 0 Å². The van der Waals surface area contributed by atoms with Crippen molar-refractivity contribution in [1.29, 1.82) is 0 Å². The number of halogens is 1. The molecule has 3 nitrogen and oxygen atoms in total. The fraction of sp³-hybridized carbons (Fsp3) is 0.933. The summed E-state index contributed by atoms with van der Waals surface area (Å²) in [5.74, 6) is 0.801. The van der Waals surface area contributed by atoms with E-state index in [1.165, 1.54) is 38.5 Å². The number of nitrogens with zero attached hydrogens (tertiary/aromatic N) is 1. The third-order valence-electron chi connectivity index (χ3n) is 5.04. The van der Waals surface area contributed by atoms with E-state index in [2.05, 4.69) is 10.2 Å². The molecule has 4 heteroatoms. The van der Waals surface area contributed by atoms with Gasteiger partial charge in [0.2, 0.25) is 5.91 Å². The standard InChI is InChI=1S/C15H26N2O.ClH/c18-15(12-5-3-1-2-4-6-12)17-10-9-13-7-8-14(11-17)16-13;/h12-14,16H,1-11H2;1H. The van der Waals surface area contributed by atoms with Gasteiger partial charge in [0.15, 0.2) is 0 Å². The van der Waals surface area contributed by atoms with Crippen LogP contribution in [0.3, 0.4) is 0 Å². The third kappa shape index (κ3) is 3.63. The molecule has 19 heavy (non-hydrogen) atoms. The van der Waals surface area contributed by atoms with Gasteiger partial charge in [0, 0.05) is 31.1 Å². The summed E-state index contributed by atoms with van der Waals surface area (Å²) in [5, 5.41) is 3.66. The average molecular weight is 287 g/mol. The Bertz CT molecular complexity index is 303. The lowest BCUT2D eigenvalue weighted by atomic mass is 9.97. The number of hydrogen-bond acceptors (Lipinski definition) is 2. The Hall–Kier alpha value is -0.280. The summed E-state index contributed by atoms with van der Waals surface area (Å²) in [6.07, 6.45) is 11.2. The quantitative estimate of drug-likeness (QED) is 0.752. The van der Waals surface area contributed by atoms with E-state index in [1.807, 2.05) is 0 Å². The number of nitrogens with one attached hydrogen (secondary N) is 1. The first-order chi connectivity index (χ1) is 8.83. The van der Waals surface area contributed by atoms with Crippen LogP contribution in [0, 0.1) is 5.92 Å². The van der Waals surface area contributed by atoms with Gasteiger partial charge >= 0.3 is 0 Å². The van der Waals surface area contributed by atoms with Crippen molar-refractivity contribution in [3.63, 3.8) is 0 Å². The number of likely N-dealkylation sites (tertiary alicyclic amines) is 1. The number of amides is 1. The summed E-state index contributed by atoms with van der Waals surface area (Å²) in [7, 11) is 0. The highest BCUT2D eigenvalue weighted by molar-refractivity contribution is 5.85. The van der Waals surface area contributed by atoms with Gasteiger partial charge in [-0.3, -0.25) is 4.79 Å². The first-order valence-corrected chi connectivity index (χ1v) is 7.88. The molecule has 0 radical (unpaired) electrons. The topological polar surface area (TPSA) is 32.3 Å². The van der Waals surface area contributed by atoms with Crippen LogP contribution >= 0.6 is 12.4 Å². The number of hydrogen-bond donors (Lipinski definition) is 1. The minimum atomic E-state index is 0. The second kappa shape index (κ2) is 6.94. The molecule has 2 heterocycles. The molecule has 2 atom stereocenters. The van der Waals surface area contributed by atoms with Crippen LogP contribution in [0.5, 0.6) is 0 Å². The molecule has 1 amide bonds. The molecule has 0 spiro atoms. The van der Waals surface area contributed by atoms with Crippen LogP contribution in [0.4, 0.5) is 0 Å². The minimum Gasteiger partial charge on any atom is -0.341 e. The van der Waals surface area contributed by atoms with E-state index >= 15 is 0 Å². The zero-order chi connectivity index (χ0) is 12.4. The Balaban J connectivity index is 0.00000133. The lowest BCUT2D eigenvalue weighted by molar-refractivity contribution is -0.136. The fourth-order valence-electron chi connectivity index (χ4n) is 3.93. The number of rotatable bonds is 1. The van der Waals surface area contributed by atoms with E-state index in [4.69, 9.17) is 0 Å². The summed E-state index contributed by atoms with van der Waals surface area (Å²) in [5.41, 5.74) is 0. The lowest BCUT2D eigenvalue weighted by Gasteiger charge is -2.28. The summed E-state index contributed by atoms with van der Waals surface area (Å²) in [6, 6.07) is 1.26. The smallest absolute Gasteiger partial charge is 0.225 e. The minimum absolute atomic E-state index is 0. The van der Waals surface area contributed by atoms with E-state index in [0.717, 1.165) is 32.4 Å². The lowest BCUT2D eigenvalue weighted by Crippen LogP contribution is -2.42. The van der Waals surface area contributed by atoms with Gasteiger partial charge < -0.3 is 10.2 Å². The van der Waals surface area contributed by atoms with Crippen molar-refractivity contribution in [1.82, 2.24) is 10.2 Å². The van der Waals surface area contributed by atoms with Crippen molar-refractivity contribution in [3.05, 3.63) is 0 Å². The highest BCUT2D eigenvalue weighted by Gasteiger charge is 2.33. The van der Waals surface area contributed by atoms with Crippen molar-refractivity contribution in [2.24, 2.45) is 5.92 Å². The Labute approximate surface area is 122 Å². The largest absolute Gasteiger partial charge is 0.341 e. The number of carbonyl (C=O) groups is 1. The van der Waals surface area contributed by atoms with E-state index in [0.29, 0.717) is 23.9 Å². The van der Waals surface area contributed by atoms with Crippen LogP contribution in [0.2, 0.25) is 0 Å². The molecule has 2 unspecified atom stereocenters. The maximum atomic E-state index is 12.6. The molecule has 3 fully saturated rings. The van der Waals surface area contributed by atoms with Crippen LogP contribution in [-0.2, 0) is 4.79 Å². The van der Waals surface area contributed by atoms with Crippen LogP contribution in [0.15, 0.2) is 0 Å². The van der Waals surface area contributed by atoms with Crippen molar-refractivity contribution in [2.45, 2.75) is 69.9 Å². The maximum Gasteiger partial charge on any atom is 0.225 e. The van der Waals surface area contributed by atoms with Gasteiger partial charge in [-0.1, -0.05) is 25.7 Å². The molecule has 1 saturated carbocycles. The van der Waals surface area contributed by atoms with Gasteiger partial charge in [-0.15, -0.1) is 12.4 Å². The van der Waals surface area contributed by atoms with Crippen molar-refractivity contribution < 1.29 is 4.79 Å². The van der Waals surface area contributed by atoms with Gasteiger partial charge in [0.25, 0.3) is 0 Å². The van der Waals surface area contributed by atoms with E-state index in [9.17, 15) is 4.79 Å². The molecule has 2 saturated heterocycles. The predicted molar refractivity (Wildman–Crippen MR) is 79.6 cm³/mol. The first-order valence-electron chi connectivity index (χ1n) is 7.88. The molecule has 3 rings (SSSR count). The molecule has 0 aromatic carbocycles. The summed E-state index contributed by atoms with van der Waals surface area (Å²) >= 11 is 0. The van der Waals surface area contributed by atoms with E-state index in [-0.39, 0.29) is 12.4 Å². The zero-order valence-electron chi connectivity index (χ0n) is 11.8. The van der Waals surface area contributed by atoms with Gasteiger partial charge in [-0.2, -0.15) is 0 Å². The molecule has 0 aromatic rings. The summed E-state index contributed by atoms with van der Waals surface area (Å²) < 4.78 is 0. The van der Waals surface area contributed by atoms with Gasteiger partial charge in [0.1, 0.15) is 0 Å². The highest BCUT2D eigenvalue weighted by atomic mass is 35.5. The van der Waals surface area contributed by atoms with Crippen molar-refractivity contribution >= 4 is 18.3 Å². The molecule has 3 aliphatic rings. The highest BCUT2D eigenvalue weighted by Crippen LogP contribution is 2.27. The van der Waals surface area contributed by atoms with Crippen LogP contribution in [0.1, 0.15) is 57.8 Å². The monoisotopic (exact) mass is 286 g/mol. The van der Waals surface area contributed by atoms with Gasteiger partial charge in [-0.25, -0.2) is 0 Å². The van der Waals surface area contributed by atoms with E-state index < -0.39 is 0 Å². The SMILES string of the molecule is Cl.O=C(C1CCCCCC1)N1CCC2CCC(C1)N2. The average Bonchev–Trinajstić information content (AvgIpc) is 2.58. The second-order valence-electron chi connectivity index (χ2n) is 6.40. The van der Waals surface area contributed by atoms with Gasteiger partial charge in [0.05, 0.1) is 0 Å². The van der Waals surface area contributed by atoms with Crippen LogP contribution in [-0.4, -0.2) is 36.0 Å². The summed E-state index contributed by atoms with van der Waals surface area (Å²) in [4.78, 5) is 14.8. The molecular weight excluding hydrogens is 260 g/mol. The number of carbonyl (C=O) groups excluding carboxylic acids is 1. The molecule has 2 aliphatic heterocycles. The Kier molecular flexibility index (Phi) is 5.52.